The molecule has 1 fully saturated rings. The first kappa shape index (κ1) is 19.9. The highest BCUT2D eigenvalue weighted by Crippen LogP contribution is 2.41. The summed E-state index contributed by atoms with van der Waals surface area (Å²) in [7, 11) is 3.44. The molecule has 3 N–H and O–H groups in total. The monoisotopic (exact) mass is 399 g/mol. The summed E-state index contributed by atoms with van der Waals surface area (Å²) in [6, 6.07) is 0.187. The van der Waals surface area contributed by atoms with Crippen LogP contribution in [0, 0.1) is 5.41 Å². The first-order valence-corrected chi connectivity index (χ1v) is 7.16. The van der Waals surface area contributed by atoms with E-state index in [4.69, 9.17) is 15.2 Å². The number of guanidine groups is 1. The molecule has 1 aliphatic carbocycles. The smallest absolute Gasteiger partial charge is 0.188 e. The van der Waals surface area contributed by atoms with Crippen LogP contribution in [0.1, 0.15) is 39.0 Å². The number of ether oxygens (including phenoxy) is 2. The number of hydrogen-bond donors (Lipinski definition) is 2. The molecular weight excluding hydrogens is 369 g/mol. The summed E-state index contributed by atoms with van der Waals surface area (Å²) in [4.78, 5) is 4.53. The van der Waals surface area contributed by atoms with Gasteiger partial charge in [-0.05, 0) is 31.6 Å². The lowest BCUT2D eigenvalue weighted by atomic mass is 9.83. The summed E-state index contributed by atoms with van der Waals surface area (Å²) >= 11 is 0. The van der Waals surface area contributed by atoms with E-state index < -0.39 is 0 Å². The Bertz CT molecular complexity index is 282. The van der Waals surface area contributed by atoms with Crippen LogP contribution < -0.4 is 11.1 Å². The zero-order chi connectivity index (χ0) is 14.1. The number of methoxy groups -OCH3 is 2. The van der Waals surface area contributed by atoms with Gasteiger partial charge in [0.05, 0.1) is 6.61 Å². The Hall–Kier alpha value is -0.0800. The summed E-state index contributed by atoms with van der Waals surface area (Å²) in [6.07, 6.45) is 6.15. The first-order valence-electron chi connectivity index (χ1n) is 7.16. The quantitative estimate of drug-likeness (QED) is 0.373. The van der Waals surface area contributed by atoms with Crippen LogP contribution >= 0.6 is 24.0 Å². The van der Waals surface area contributed by atoms with Gasteiger partial charge in [-0.15, -0.1) is 24.0 Å². The van der Waals surface area contributed by atoms with Crippen LogP contribution in [0.25, 0.3) is 0 Å². The number of aliphatic imine (C=N–C) groups is 1. The summed E-state index contributed by atoms with van der Waals surface area (Å²) in [5.41, 5.74) is 6.22. The molecule has 0 aromatic heterocycles. The number of hydrogen-bond acceptors (Lipinski definition) is 3. The van der Waals surface area contributed by atoms with Crippen LogP contribution in [0.4, 0.5) is 0 Å². The van der Waals surface area contributed by atoms with Crippen molar-refractivity contribution in [3.05, 3.63) is 0 Å². The summed E-state index contributed by atoms with van der Waals surface area (Å²) in [5, 5.41) is 3.15. The van der Waals surface area contributed by atoms with E-state index in [1.54, 1.807) is 14.2 Å². The molecule has 120 valence electrons. The Labute approximate surface area is 140 Å². The summed E-state index contributed by atoms with van der Waals surface area (Å²) < 4.78 is 10.3. The molecule has 0 radical (unpaired) electrons. The van der Waals surface area contributed by atoms with Gasteiger partial charge in [0.25, 0.3) is 0 Å². The highest BCUT2D eigenvalue weighted by atomic mass is 127. The second-order valence-corrected chi connectivity index (χ2v) is 5.65. The van der Waals surface area contributed by atoms with Gasteiger partial charge in [-0.3, -0.25) is 4.99 Å². The average molecular weight is 399 g/mol. The Kier molecular flexibility index (Phi) is 10.6. The maximum Gasteiger partial charge on any atom is 0.188 e. The van der Waals surface area contributed by atoms with Crippen LogP contribution in [0.2, 0.25) is 0 Å². The van der Waals surface area contributed by atoms with Gasteiger partial charge >= 0.3 is 0 Å². The minimum Gasteiger partial charge on any atom is -0.385 e. The normalized spacial score (nSPS) is 19.4. The first-order chi connectivity index (χ1) is 9.12. The Morgan fingerprint density at radius 3 is 2.50 bits per heavy atom. The zero-order valence-corrected chi connectivity index (χ0v) is 15.3. The van der Waals surface area contributed by atoms with Crippen LogP contribution in [0.5, 0.6) is 0 Å². The number of nitrogens with two attached hydrogens (primary N) is 1. The van der Waals surface area contributed by atoms with E-state index in [-0.39, 0.29) is 30.0 Å². The molecule has 1 aliphatic rings. The molecule has 0 bridgehead atoms. The van der Waals surface area contributed by atoms with Crippen LogP contribution in [0.3, 0.4) is 0 Å². The Morgan fingerprint density at radius 1 is 1.30 bits per heavy atom. The van der Waals surface area contributed by atoms with Gasteiger partial charge in [0.1, 0.15) is 0 Å². The van der Waals surface area contributed by atoms with Crippen molar-refractivity contribution < 1.29 is 9.47 Å². The van der Waals surface area contributed by atoms with E-state index in [1.807, 2.05) is 6.92 Å². The molecule has 0 heterocycles. The fourth-order valence-electron chi connectivity index (χ4n) is 2.77. The van der Waals surface area contributed by atoms with E-state index in [2.05, 4.69) is 10.3 Å². The van der Waals surface area contributed by atoms with Crippen LogP contribution in [0.15, 0.2) is 4.99 Å². The topological polar surface area (TPSA) is 68.9 Å². The SMILES string of the molecule is COCCC1(CN=C(N)NC(C)COC)CCCC1.I. The van der Waals surface area contributed by atoms with E-state index in [0.717, 1.165) is 19.6 Å². The van der Waals surface area contributed by atoms with Gasteiger partial charge in [0.15, 0.2) is 5.96 Å². The van der Waals surface area contributed by atoms with Gasteiger partial charge in [0, 0.05) is 33.4 Å². The van der Waals surface area contributed by atoms with Crippen molar-refractivity contribution in [3.8, 4) is 0 Å². The van der Waals surface area contributed by atoms with Crippen molar-refractivity contribution in [2.24, 2.45) is 16.1 Å². The second kappa shape index (κ2) is 10.6. The molecule has 1 atom stereocenters. The van der Waals surface area contributed by atoms with Gasteiger partial charge in [-0.25, -0.2) is 0 Å². The lowest BCUT2D eigenvalue weighted by Crippen LogP contribution is -2.41. The van der Waals surface area contributed by atoms with Crippen molar-refractivity contribution in [1.82, 2.24) is 5.32 Å². The lowest BCUT2D eigenvalue weighted by molar-refractivity contribution is 0.141. The van der Waals surface area contributed by atoms with E-state index >= 15 is 0 Å². The third-order valence-electron chi connectivity index (χ3n) is 3.90. The molecule has 0 spiro atoms. The third-order valence-corrected chi connectivity index (χ3v) is 3.90. The zero-order valence-electron chi connectivity index (χ0n) is 13.0. The summed E-state index contributed by atoms with van der Waals surface area (Å²) in [5.74, 6) is 0.522. The van der Waals surface area contributed by atoms with Crippen molar-refractivity contribution in [2.45, 2.75) is 45.1 Å². The number of halogens is 1. The maximum atomic E-state index is 5.92. The van der Waals surface area contributed by atoms with Gasteiger partial charge in [0.2, 0.25) is 0 Å². The molecule has 1 unspecified atom stereocenters. The fraction of sp³-hybridized carbons (Fsp3) is 0.929. The summed E-state index contributed by atoms with van der Waals surface area (Å²) in [6.45, 7) is 4.27. The van der Waals surface area contributed by atoms with Crippen molar-refractivity contribution in [3.63, 3.8) is 0 Å². The minimum absolute atomic E-state index is 0. The van der Waals surface area contributed by atoms with Crippen molar-refractivity contribution >= 4 is 29.9 Å². The maximum absolute atomic E-state index is 5.92. The number of rotatable bonds is 8. The van der Waals surface area contributed by atoms with Gasteiger partial charge in [-0.1, -0.05) is 12.8 Å². The predicted octanol–water partition coefficient (Wildman–Crippen LogP) is 2.14. The van der Waals surface area contributed by atoms with Crippen LogP contribution in [-0.2, 0) is 9.47 Å². The molecule has 5 nitrogen and oxygen atoms in total. The largest absolute Gasteiger partial charge is 0.385 e. The molecule has 20 heavy (non-hydrogen) atoms. The molecule has 6 heteroatoms. The van der Waals surface area contributed by atoms with Crippen molar-refractivity contribution in [2.75, 3.05) is 34.0 Å². The Morgan fingerprint density at radius 2 is 1.95 bits per heavy atom. The molecule has 1 saturated carbocycles. The lowest BCUT2D eigenvalue weighted by Gasteiger charge is -2.27. The molecule has 0 aromatic rings. The average Bonchev–Trinajstić information content (AvgIpc) is 2.84. The van der Waals surface area contributed by atoms with E-state index in [9.17, 15) is 0 Å². The molecular formula is C14H30IN3O2. The number of nitrogens with zero attached hydrogens (tertiary/aromatic N) is 1. The highest BCUT2D eigenvalue weighted by Gasteiger charge is 2.33. The fourth-order valence-corrected chi connectivity index (χ4v) is 2.77. The Balaban J connectivity index is 0.00000361. The third kappa shape index (κ3) is 7.08. The molecule has 0 aliphatic heterocycles. The van der Waals surface area contributed by atoms with Crippen LogP contribution in [-0.4, -0.2) is 46.0 Å². The number of nitrogens with one attached hydrogen (secondary N) is 1. The standard InChI is InChI=1S/C14H29N3O2.HI/c1-12(10-19-3)17-13(15)16-11-14(8-9-18-2)6-4-5-7-14;/h12H,4-11H2,1-3H3,(H3,15,16,17);1H. The second-order valence-electron chi connectivity index (χ2n) is 5.65. The highest BCUT2D eigenvalue weighted by molar-refractivity contribution is 14.0. The molecule has 0 aromatic carbocycles. The van der Waals surface area contributed by atoms with E-state index in [0.29, 0.717) is 18.0 Å². The van der Waals surface area contributed by atoms with E-state index in [1.165, 1.54) is 25.7 Å². The molecule has 0 saturated heterocycles. The molecule has 1 rings (SSSR count). The predicted molar refractivity (Wildman–Crippen MR) is 93.8 cm³/mol. The molecule has 0 amide bonds. The van der Waals surface area contributed by atoms with Gasteiger partial charge < -0.3 is 20.5 Å². The minimum atomic E-state index is 0. The van der Waals surface area contributed by atoms with Crippen molar-refractivity contribution in [1.29, 1.82) is 0 Å². The van der Waals surface area contributed by atoms with Gasteiger partial charge in [-0.2, -0.15) is 0 Å².